The standard InChI is InChI=1S/C15H18F2N4O3/c16-10-3-8(19-6-9(5-18)24-20-22)4-11(17)14(10)21-12-1-2-15(12)13(21)7-23-15/h3-4,9,12-13,19H,1-2,5-7,18H2. The Labute approximate surface area is 137 Å². The van der Waals surface area contributed by atoms with E-state index in [2.05, 4.69) is 15.5 Å². The summed E-state index contributed by atoms with van der Waals surface area (Å²) in [6, 6.07) is 2.62. The number of nitrogens with two attached hydrogens (primary N) is 1. The van der Waals surface area contributed by atoms with Crippen molar-refractivity contribution < 1.29 is 18.4 Å². The molecule has 3 fully saturated rings. The van der Waals surface area contributed by atoms with E-state index in [1.165, 1.54) is 12.1 Å². The SMILES string of the molecule is NCC(CNc1cc(F)c(N2C3CCC34OCC24)c(F)c1)ON=O. The zero-order valence-corrected chi connectivity index (χ0v) is 12.9. The second-order valence-corrected chi connectivity index (χ2v) is 6.45. The summed E-state index contributed by atoms with van der Waals surface area (Å²) in [5.74, 6) is -1.24. The fourth-order valence-corrected chi connectivity index (χ4v) is 3.99. The third-order valence-electron chi connectivity index (χ3n) is 5.38. The minimum atomic E-state index is -0.661. The van der Waals surface area contributed by atoms with Crippen LogP contribution in [0.5, 0.6) is 0 Å². The largest absolute Gasteiger partial charge is 0.381 e. The van der Waals surface area contributed by atoms with Gasteiger partial charge in [-0.1, -0.05) is 0 Å². The van der Waals surface area contributed by atoms with Crippen LogP contribution in [-0.4, -0.2) is 43.5 Å². The van der Waals surface area contributed by atoms with Crippen LogP contribution in [-0.2, 0) is 9.57 Å². The van der Waals surface area contributed by atoms with Gasteiger partial charge in [-0.2, -0.15) is 0 Å². The normalized spacial score (nSPS) is 30.9. The van der Waals surface area contributed by atoms with Crippen molar-refractivity contribution in [3.8, 4) is 0 Å². The summed E-state index contributed by atoms with van der Waals surface area (Å²) < 4.78 is 34.6. The van der Waals surface area contributed by atoms with E-state index in [0.717, 1.165) is 12.8 Å². The van der Waals surface area contributed by atoms with Crippen LogP contribution in [0.3, 0.4) is 0 Å². The first-order valence-electron chi connectivity index (χ1n) is 7.94. The summed E-state index contributed by atoms with van der Waals surface area (Å²) in [4.78, 5) is 16.4. The fraction of sp³-hybridized carbons (Fsp3) is 0.600. The highest BCUT2D eigenvalue weighted by Gasteiger charge is 2.73. The van der Waals surface area contributed by atoms with Crippen LogP contribution in [0.1, 0.15) is 12.8 Å². The van der Waals surface area contributed by atoms with Gasteiger partial charge in [0.1, 0.15) is 11.3 Å². The van der Waals surface area contributed by atoms with Gasteiger partial charge in [-0.3, -0.25) is 0 Å². The molecule has 0 radical (unpaired) electrons. The first-order valence-corrected chi connectivity index (χ1v) is 7.94. The van der Waals surface area contributed by atoms with E-state index in [0.29, 0.717) is 6.61 Å². The predicted molar refractivity (Wildman–Crippen MR) is 82.5 cm³/mol. The average molecular weight is 340 g/mol. The molecule has 4 unspecified atom stereocenters. The van der Waals surface area contributed by atoms with Gasteiger partial charge in [0.05, 0.1) is 25.2 Å². The number of nitrogens with zero attached hydrogens (tertiary/aromatic N) is 2. The highest BCUT2D eigenvalue weighted by Crippen LogP contribution is 2.60. The van der Waals surface area contributed by atoms with Crippen molar-refractivity contribution in [1.29, 1.82) is 0 Å². The van der Waals surface area contributed by atoms with Gasteiger partial charge in [0, 0.05) is 12.2 Å². The first-order chi connectivity index (χ1) is 11.6. The summed E-state index contributed by atoms with van der Waals surface area (Å²) in [6.07, 6.45) is 1.20. The third-order valence-corrected chi connectivity index (χ3v) is 5.38. The number of hydrogen-bond donors (Lipinski definition) is 2. The molecule has 2 heterocycles. The molecule has 7 nitrogen and oxygen atoms in total. The van der Waals surface area contributed by atoms with Crippen molar-refractivity contribution in [2.75, 3.05) is 29.9 Å². The van der Waals surface area contributed by atoms with E-state index < -0.39 is 17.7 Å². The molecule has 0 aromatic heterocycles. The number of anilines is 2. The van der Waals surface area contributed by atoms with E-state index in [1.807, 2.05) is 4.90 Å². The van der Waals surface area contributed by atoms with Crippen molar-refractivity contribution in [3.05, 3.63) is 28.7 Å². The zero-order chi connectivity index (χ0) is 16.9. The van der Waals surface area contributed by atoms with Gasteiger partial charge >= 0.3 is 0 Å². The Morgan fingerprint density at radius 3 is 2.67 bits per heavy atom. The minimum Gasteiger partial charge on any atom is -0.381 e. The van der Waals surface area contributed by atoms with Crippen molar-refractivity contribution in [2.45, 2.75) is 36.6 Å². The average Bonchev–Trinajstić information content (AvgIpc) is 2.48. The van der Waals surface area contributed by atoms with Crippen molar-refractivity contribution in [2.24, 2.45) is 11.1 Å². The van der Waals surface area contributed by atoms with Crippen LogP contribution < -0.4 is 16.0 Å². The van der Waals surface area contributed by atoms with Crippen LogP contribution in [0.15, 0.2) is 17.5 Å². The molecule has 1 saturated carbocycles. The Morgan fingerprint density at radius 1 is 1.46 bits per heavy atom. The smallest absolute Gasteiger partial charge is 0.160 e. The molecule has 1 aromatic rings. The van der Waals surface area contributed by atoms with E-state index >= 15 is 0 Å². The fourth-order valence-electron chi connectivity index (χ4n) is 3.99. The first kappa shape index (κ1) is 15.5. The zero-order valence-electron chi connectivity index (χ0n) is 12.9. The molecule has 3 aliphatic rings. The van der Waals surface area contributed by atoms with Gasteiger partial charge in [-0.15, -0.1) is 4.91 Å². The number of halogens is 2. The summed E-state index contributed by atoms with van der Waals surface area (Å²) >= 11 is 0. The molecule has 1 aliphatic carbocycles. The van der Waals surface area contributed by atoms with Crippen molar-refractivity contribution in [1.82, 2.24) is 0 Å². The highest BCUT2D eigenvalue weighted by molar-refractivity contribution is 5.64. The third kappa shape index (κ3) is 2.01. The molecule has 2 saturated heterocycles. The molecular weight excluding hydrogens is 322 g/mol. The molecule has 4 atom stereocenters. The Morgan fingerprint density at radius 2 is 2.21 bits per heavy atom. The molecule has 1 spiro atoms. The quantitative estimate of drug-likeness (QED) is 0.578. The molecule has 130 valence electrons. The van der Waals surface area contributed by atoms with Gasteiger partial charge < -0.3 is 25.5 Å². The van der Waals surface area contributed by atoms with Crippen LogP contribution in [0, 0.1) is 16.5 Å². The van der Waals surface area contributed by atoms with E-state index in [1.54, 1.807) is 0 Å². The molecule has 1 aromatic carbocycles. The van der Waals surface area contributed by atoms with E-state index in [-0.39, 0.29) is 42.1 Å². The minimum absolute atomic E-state index is 0.00959. The monoisotopic (exact) mass is 340 g/mol. The molecule has 4 rings (SSSR count). The lowest BCUT2D eigenvalue weighted by molar-refractivity contribution is -0.276. The number of morpholine rings is 1. The Kier molecular flexibility index (Phi) is 3.57. The van der Waals surface area contributed by atoms with Gasteiger partial charge in [0.15, 0.2) is 23.1 Å². The number of hydrogen-bond acceptors (Lipinski definition) is 7. The van der Waals surface area contributed by atoms with Crippen molar-refractivity contribution in [3.63, 3.8) is 0 Å². The summed E-state index contributed by atoms with van der Waals surface area (Å²) in [7, 11) is 0. The van der Waals surface area contributed by atoms with Crippen LogP contribution >= 0.6 is 0 Å². The Hall–Kier alpha value is -2.00. The number of nitrogens with one attached hydrogen (secondary N) is 1. The van der Waals surface area contributed by atoms with Gasteiger partial charge in [-0.05, 0) is 25.0 Å². The van der Waals surface area contributed by atoms with Gasteiger partial charge in [-0.25, -0.2) is 8.78 Å². The molecule has 24 heavy (non-hydrogen) atoms. The number of piperidine rings is 1. The molecule has 9 heteroatoms. The Bertz CT molecular complexity index is 633. The second kappa shape index (κ2) is 5.52. The molecule has 2 aliphatic heterocycles. The van der Waals surface area contributed by atoms with Crippen LogP contribution in [0.2, 0.25) is 0 Å². The lowest BCUT2D eigenvalue weighted by Crippen LogP contribution is -2.90. The van der Waals surface area contributed by atoms with Gasteiger partial charge in [0.25, 0.3) is 0 Å². The highest BCUT2D eigenvalue weighted by atomic mass is 19.1. The molecule has 3 N–H and O–H groups in total. The van der Waals surface area contributed by atoms with E-state index in [9.17, 15) is 13.7 Å². The molecule has 0 amide bonds. The predicted octanol–water partition coefficient (Wildman–Crippen LogP) is 1.52. The molecule has 0 bridgehead atoms. The van der Waals surface area contributed by atoms with Crippen molar-refractivity contribution >= 4 is 11.4 Å². The van der Waals surface area contributed by atoms with Crippen LogP contribution in [0.4, 0.5) is 20.2 Å². The Balaban J connectivity index is 1.49. The summed E-state index contributed by atoms with van der Waals surface area (Å²) in [5.41, 5.74) is 5.53. The lowest BCUT2D eigenvalue weighted by atomic mass is 9.57. The topological polar surface area (TPSA) is 89.2 Å². The second-order valence-electron chi connectivity index (χ2n) is 6.45. The maximum Gasteiger partial charge on any atom is 0.160 e. The summed E-state index contributed by atoms with van der Waals surface area (Å²) in [6.45, 7) is 0.691. The number of rotatable bonds is 7. The number of ether oxygens (including phenoxy) is 1. The van der Waals surface area contributed by atoms with E-state index in [4.69, 9.17) is 10.5 Å². The maximum absolute atomic E-state index is 14.5. The number of benzene rings is 1. The maximum atomic E-state index is 14.5. The lowest BCUT2D eigenvalue weighted by Gasteiger charge is -2.75. The summed E-state index contributed by atoms with van der Waals surface area (Å²) in [5, 5.41) is 5.12. The molecular formula is C15H18F2N4O3. The van der Waals surface area contributed by atoms with Gasteiger partial charge in [0.2, 0.25) is 0 Å². The van der Waals surface area contributed by atoms with Crippen LogP contribution in [0.25, 0.3) is 0 Å².